The molecule has 0 aromatic carbocycles. The second-order valence-corrected chi connectivity index (χ2v) is 3.11. The number of hydrogen-bond acceptors (Lipinski definition) is 0. The van der Waals surface area contributed by atoms with E-state index in [0.29, 0.717) is 0 Å². The van der Waals surface area contributed by atoms with Gasteiger partial charge >= 0.3 is 0 Å². The largest absolute Gasteiger partial charge is 0.362 e. The lowest BCUT2D eigenvalue weighted by molar-refractivity contribution is -0.00863. The van der Waals surface area contributed by atoms with Gasteiger partial charge in [-0.1, -0.05) is 12.8 Å². The van der Waals surface area contributed by atoms with E-state index in [1.54, 1.807) is 6.21 Å². The fourth-order valence-corrected chi connectivity index (χ4v) is 1.45. The molecule has 2 heteroatoms. The molecule has 0 bridgehead atoms. The van der Waals surface area contributed by atoms with E-state index in [4.69, 9.17) is 5.53 Å². The Labute approximate surface area is 55.5 Å². The lowest BCUT2D eigenvalue weighted by atomic mass is 9.91. The minimum Gasteiger partial charge on any atom is -0.362 e. The van der Waals surface area contributed by atoms with Crippen LogP contribution in [0.15, 0.2) is 0 Å². The topological polar surface area (TPSA) is 36.4 Å². The second kappa shape index (κ2) is 2.32. The summed E-state index contributed by atoms with van der Waals surface area (Å²) in [7, 11) is 0. The van der Waals surface area contributed by atoms with Crippen LogP contribution in [0.5, 0.6) is 0 Å². The van der Waals surface area contributed by atoms with Gasteiger partial charge in [-0.2, -0.15) is 4.79 Å². The molecule has 0 N–H and O–H groups in total. The molecule has 50 valence electrons. The quantitative estimate of drug-likeness (QED) is 0.291. The zero-order chi connectivity index (χ0) is 6.74. The van der Waals surface area contributed by atoms with Gasteiger partial charge in [0.15, 0.2) is 0 Å². The van der Waals surface area contributed by atoms with Gasteiger partial charge in [-0.25, -0.2) is 0 Å². The van der Waals surface area contributed by atoms with Crippen molar-refractivity contribution in [3.63, 3.8) is 0 Å². The molecule has 0 aromatic heterocycles. The van der Waals surface area contributed by atoms with E-state index in [9.17, 15) is 0 Å². The van der Waals surface area contributed by atoms with Gasteiger partial charge in [-0.3, -0.25) is 0 Å². The minimum atomic E-state index is 0.203. The van der Waals surface area contributed by atoms with Crippen molar-refractivity contribution in [2.24, 2.45) is 5.41 Å². The van der Waals surface area contributed by atoms with Crippen molar-refractivity contribution < 1.29 is 4.79 Å². The average molecular weight is 124 g/mol. The summed E-state index contributed by atoms with van der Waals surface area (Å²) in [5.41, 5.74) is 8.46. The smallest absolute Gasteiger partial charge is 0.263 e. The molecule has 0 aliphatic heterocycles. The molecule has 0 heterocycles. The number of rotatable bonds is 1. The van der Waals surface area contributed by atoms with Crippen LogP contribution in [0.4, 0.5) is 0 Å². The molecule has 1 fully saturated rings. The van der Waals surface area contributed by atoms with Gasteiger partial charge in [-0.05, 0) is 19.8 Å². The monoisotopic (exact) mass is 124 g/mol. The lowest BCUT2D eigenvalue weighted by Gasteiger charge is -2.08. The molecular formula is C7H12N2. The van der Waals surface area contributed by atoms with Gasteiger partial charge in [0, 0.05) is 0 Å². The predicted octanol–water partition coefficient (Wildman–Crippen LogP) is 1.87. The molecule has 1 aliphatic carbocycles. The van der Waals surface area contributed by atoms with Crippen molar-refractivity contribution in [2.45, 2.75) is 32.6 Å². The Kier molecular flexibility index (Phi) is 1.68. The molecule has 2 nitrogen and oxygen atoms in total. The van der Waals surface area contributed by atoms with Crippen LogP contribution in [0, 0.1) is 5.41 Å². The molecule has 0 spiro atoms. The highest BCUT2D eigenvalue weighted by Gasteiger charge is 2.30. The molecule has 0 aromatic rings. The van der Waals surface area contributed by atoms with Crippen LogP contribution >= 0.6 is 0 Å². The first-order chi connectivity index (χ1) is 4.27. The molecule has 0 atom stereocenters. The SMILES string of the molecule is CC1(C=[N+]=[N-])CCCC1. The van der Waals surface area contributed by atoms with Crippen LogP contribution in [0.3, 0.4) is 0 Å². The average Bonchev–Trinajstić information content (AvgIpc) is 2.16. The maximum absolute atomic E-state index is 8.26. The third-order valence-corrected chi connectivity index (χ3v) is 2.12. The Morgan fingerprint density at radius 2 is 2.00 bits per heavy atom. The van der Waals surface area contributed by atoms with E-state index in [1.165, 1.54) is 25.7 Å². The molecule has 0 amide bonds. The minimum absolute atomic E-state index is 0.203. The van der Waals surface area contributed by atoms with E-state index in [2.05, 4.69) is 11.7 Å². The van der Waals surface area contributed by atoms with Crippen molar-refractivity contribution in [1.29, 1.82) is 0 Å². The molecule has 1 saturated carbocycles. The van der Waals surface area contributed by atoms with Crippen molar-refractivity contribution in [3.05, 3.63) is 5.53 Å². The molecule has 0 unspecified atom stereocenters. The third-order valence-electron chi connectivity index (χ3n) is 2.12. The Bertz CT molecular complexity index is 139. The van der Waals surface area contributed by atoms with Gasteiger partial charge < -0.3 is 5.53 Å². The summed E-state index contributed by atoms with van der Waals surface area (Å²) >= 11 is 0. The molecular weight excluding hydrogens is 112 g/mol. The standard InChI is InChI=1S/C7H12N2/c1-7(6-9-8)4-2-3-5-7/h6H,2-5H2,1H3. The fraction of sp³-hybridized carbons (Fsp3) is 0.857. The lowest BCUT2D eigenvalue weighted by Crippen LogP contribution is -2.12. The summed E-state index contributed by atoms with van der Waals surface area (Å²) < 4.78 is 0. The first-order valence-corrected chi connectivity index (χ1v) is 3.45. The first kappa shape index (κ1) is 6.50. The highest BCUT2D eigenvalue weighted by atomic mass is 14.8. The normalized spacial score (nSPS) is 23.2. The molecule has 0 saturated heterocycles. The van der Waals surface area contributed by atoms with E-state index in [1.807, 2.05) is 0 Å². The Hall–Kier alpha value is -0.620. The summed E-state index contributed by atoms with van der Waals surface area (Å²) in [5, 5.41) is 0. The summed E-state index contributed by atoms with van der Waals surface area (Å²) in [6, 6.07) is 0. The van der Waals surface area contributed by atoms with E-state index in [-0.39, 0.29) is 5.41 Å². The Morgan fingerprint density at radius 3 is 2.44 bits per heavy atom. The van der Waals surface area contributed by atoms with Gasteiger partial charge in [0.25, 0.3) is 6.21 Å². The predicted molar refractivity (Wildman–Crippen MR) is 36.3 cm³/mol. The molecule has 1 rings (SSSR count). The second-order valence-electron chi connectivity index (χ2n) is 3.11. The summed E-state index contributed by atoms with van der Waals surface area (Å²) in [4.78, 5) is 3.06. The fourth-order valence-electron chi connectivity index (χ4n) is 1.45. The molecule has 1 aliphatic rings. The number of nitrogens with zero attached hydrogens (tertiary/aromatic N) is 2. The van der Waals surface area contributed by atoms with Gasteiger partial charge in [0.1, 0.15) is 0 Å². The third kappa shape index (κ3) is 1.39. The summed E-state index contributed by atoms with van der Waals surface area (Å²) in [6.07, 6.45) is 6.58. The zero-order valence-corrected chi connectivity index (χ0v) is 5.80. The van der Waals surface area contributed by atoms with E-state index in [0.717, 1.165) is 0 Å². The van der Waals surface area contributed by atoms with Gasteiger partial charge in [0.2, 0.25) is 0 Å². The summed E-state index contributed by atoms with van der Waals surface area (Å²) in [5.74, 6) is 0. The van der Waals surface area contributed by atoms with Crippen LogP contribution in [0.1, 0.15) is 32.6 Å². The van der Waals surface area contributed by atoms with Gasteiger partial charge in [-0.15, -0.1) is 0 Å². The van der Waals surface area contributed by atoms with Crippen LogP contribution in [0.2, 0.25) is 0 Å². The zero-order valence-electron chi connectivity index (χ0n) is 5.80. The van der Waals surface area contributed by atoms with Crippen molar-refractivity contribution in [3.8, 4) is 0 Å². The number of hydrogen-bond donors (Lipinski definition) is 0. The summed E-state index contributed by atoms with van der Waals surface area (Å²) in [6.45, 7) is 2.14. The molecule has 0 radical (unpaired) electrons. The van der Waals surface area contributed by atoms with E-state index < -0.39 is 0 Å². The van der Waals surface area contributed by atoms with Crippen molar-refractivity contribution in [2.75, 3.05) is 0 Å². The van der Waals surface area contributed by atoms with Crippen molar-refractivity contribution >= 4 is 6.21 Å². The Morgan fingerprint density at radius 1 is 1.44 bits per heavy atom. The maximum Gasteiger partial charge on any atom is 0.263 e. The van der Waals surface area contributed by atoms with Crippen molar-refractivity contribution in [1.82, 2.24) is 0 Å². The van der Waals surface area contributed by atoms with E-state index >= 15 is 0 Å². The molecule has 9 heavy (non-hydrogen) atoms. The maximum atomic E-state index is 8.26. The highest BCUT2D eigenvalue weighted by molar-refractivity contribution is 5.59. The van der Waals surface area contributed by atoms with Crippen LogP contribution < -0.4 is 0 Å². The first-order valence-electron chi connectivity index (χ1n) is 3.45. The highest BCUT2D eigenvalue weighted by Crippen LogP contribution is 2.34. The van der Waals surface area contributed by atoms with Crippen LogP contribution in [-0.2, 0) is 0 Å². The van der Waals surface area contributed by atoms with Crippen LogP contribution in [0.25, 0.3) is 5.53 Å². The Balaban J connectivity index is 2.61. The van der Waals surface area contributed by atoms with Gasteiger partial charge in [0.05, 0.1) is 5.41 Å². The van der Waals surface area contributed by atoms with Crippen LogP contribution in [-0.4, -0.2) is 11.0 Å².